The largest absolute Gasteiger partial charge is 0.493 e. The van der Waals surface area contributed by atoms with Crippen molar-refractivity contribution in [2.24, 2.45) is 0 Å². The summed E-state index contributed by atoms with van der Waals surface area (Å²) in [6.45, 7) is 5.53. The van der Waals surface area contributed by atoms with Crippen LogP contribution >= 0.6 is 0 Å². The molecule has 0 aliphatic heterocycles. The van der Waals surface area contributed by atoms with Crippen molar-refractivity contribution < 1.29 is 14.6 Å². The van der Waals surface area contributed by atoms with Gasteiger partial charge in [-0.3, -0.25) is 4.79 Å². The molecule has 0 saturated carbocycles. The lowest BCUT2D eigenvalue weighted by molar-refractivity contribution is -0.137. The molecule has 0 aromatic heterocycles. The van der Waals surface area contributed by atoms with E-state index in [1.54, 1.807) is 24.3 Å². The summed E-state index contributed by atoms with van der Waals surface area (Å²) >= 11 is 0. The summed E-state index contributed by atoms with van der Waals surface area (Å²) < 4.78 is 5.15. The highest BCUT2D eigenvalue weighted by atomic mass is 16.5. The highest BCUT2D eigenvalue weighted by molar-refractivity contribution is 5.66. The summed E-state index contributed by atoms with van der Waals surface area (Å²) in [6.07, 6.45) is 6.87. The molecule has 13 heavy (non-hydrogen) atoms. The van der Waals surface area contributed by atoms with Crippen LogP contribution in [0.5, 0.6) is 0 Å². The minimum atomic E-state index is -0.858. The van der Waals surface area contributed by atoms with Crippen molar-refractivity contribution in [3.63, 3.8) is 0 Å². The fourth-order valence-electron chi connectivity index (χ4n) is 0.647. The normalized spacial score (nSPS) is 11.6. The number of hydrogen-bond donors (Lipinski definition) is 1. The lowest BCUT2D eigenvalue weighted by Crippen LogP contribution is -2.01. The molecule has 0 rings (SSSR count). The van der Waals surface area contributed by atoms with Gasteiger partial charge in [-0.25, -0.2) is 0 Å². The monoisotopic (exact) mass is 182 g/mol. The van der Waals surface area contributed by atoms with Crippen LogP contribution in [0.25, 0.3) is 0 Å². The minimum absolute atomic E-state index is 0.0132. The average molecular weight is 182 g/mol. The molecule has 0 amide bonds. The fraction of sp³-hybridized carbons (Fsp3) is 0.300. The van der Waals surface area contributed by atoms with Gasteiger partial charge in [-0.1, -0.05) is 18.7 Å². The van der Waals surface area contributed by atoms with E-state index in [9.17, 15) is 4.79 Å². The third kappa shape index (κ3) is 6.87. The van der Waals surface area contributed by atoms with Gasteiger partial charge >= 0.3 is 5.97 Å². The molecule has 0 saturated heterocycles. The SMILES string of the molecule is C=C/C=C\C(=C/C)OCCC(=O)O. The molecular formula is C10H14O3. The van der Waals surface area contributed by atoms with Crippen molar-refractivity contribution in [1.82, 2.24) is 0 Å². The molecule has 0 aromatic carbocycles. The van der Waals surface area contributed by atoms with Crippen molar-refractivity contribution in [3.05, 3.63) is 36.6 Å². The summed E-state index contributed by atoms with van der Waals surface area (Å²) in [5.74, 6) is -0.204. The molecule has 0 aromatic rings. The molecule has 3 nitrogen and oxygen atoms in total. The Kier molecular flexibility index (Phi) is 6.32. The van der Waals surface area contributed by atoms with Gasteiger partial charge in [-0.05, 0) is 19.1 Å². The van der Waals surface area contributed by atoms with E-state index in [2.05, 4.69) is 6.58 Å². The number of carboxylic acids is 1. The number of carbonyl (C=O) groups is 1. The smallest absolute Gasteiger partial charge is 0.306 e. The molecule has 0 aliphatic carbocycles. The Morgan fingerprint density at radius 3 is 2.77 bits per heavy atom. The number of hydrogen-bond acceptors (Lipinski definition) is 2. The average Bonchev–Trinajstić information content (AvgIpc) is 2.10. The number of allylic oxidation sites excluding steroid dienone is 4. The summed E-state index contributed by atoms with van der Waals surface area (Å²) in [4.78, 5) is 10.1. The zero-order valence-electron chi connectivity index (χ0n) is 7.69. The maximum atomic E-state index is 10.1. The van der Waals surface area contributed by atoms with E-state index in [4.69, 9.17) is 9.84 Å². The molecule has 0 bridgehead atoms. The Hall–Kier alpha value is -1.51. The Balaban J connectivity index is 3.80. The van der Waals surface area contributed by atoms with Crippen molar-refractivity contribution >= 4 is 5.97 Å². The fourth-order valence-corrected chi connectivity index (χ4v) is 0.647. The summed E-state index contributed by atoms with van der Waals surface area (Å²) in [5.41, 5.74) is 0. The van der Waals surface area contributed by atoms with Crippen LogP contribution < -0.4 is 0 Å². The van der Waals surface area contributed by atoms with Crippen molar-refractivity contribution in [2.45, 2.75) is 13.3 Å². The van der Waals surface area contributed by atoms with Gasteiger partial charge in [0.15, 0.2) is 0 Å². The van der Waals surface area contributed by atoms with E-state index in [1.165, 1.54) is 0 Å². The predicted molar refractivity (Wildman–Crippen MR) is 51.3 cm³/mol. The predicted octanol–water partition coefficient (Wildman–Crippen LogP) is 2.12. The van der Waals surface area contributed by atoms with Crippen LogP contribution in [0.1, 0.15) is 13.3 Å². The van der Waals surface area contributed by atoms with Crippen LogP contribution in [0.3, 0.4) is 0 Å². The van der Waals surface area contributed by atoms with Crippen LogP contribution in [0, 0.1) is 0 Å². The van der Waals surface area contributed by atoms with Gasteiger partial charge in [0, 0.05) is 0 Å². The number of carboxylic acid groups (broad SMARTS) is 1. The van der Waals surface area contributed by atoms with E-state index >= 15 is 0 Å². The molecule has 1 N–H and O–H groups in total. The Bertz CT molecular complexity index is 226. The maximum Gasteiger partial charge on any atom is 0.306 e. The zero-order chi connectivity index (χ0) is 10.1. The first kappa shape index (κ1) is 11.5. The van der Waals surface area contributed by atoms with Gasteiger partial charge in [0.2, 0.25) is 0 Å². The highest BCUT2D eigenvalue weighted by Gasteiger charge is 1.97. The highest BCUT2D eigenvalue weighted by Crippen LogP contribution is 2.00. The van der Waals surface area contributed by atoms with Crippen LogP contribution in [-0.4, -0.2) is 17.7 Å². The van der Waals surface area contributed by atoms with Gasteiger partial charge < -0.3 is 9.84 Å². The summed E-state index contributed by atoms with van der Waals surface area (Å²) in [5, 5.41) is 8.34. The zero-order valence-corrected chi connectivity index (χ0v) is 7.69. The van der Waals surface area contributed by atoms with E-state index in [-0.39, 0.29) is 13.0 Å². The second-order valence-corrected chi connectivity index (χ2v) is 2.28. The molecule has 0 heterocycles. The standard InChI is InChI=1S/C10H14O3/c1-3-5-6-9(4-2)13-8-7-10(11)12/h3-6H,1,7-8H2,2H3,(H,11,12)/b6-5-,9-4+. The molecule has 0 atom stereocenters. The third-order valence-corrected chi connectivity index (χ3v) is 1.27. The molecular weight excluding hydrogens is 168 g/mol. The van der Waals surface area contributed by atoms with Crippen LogP contribution in [0.4, 0.5) is 0 Å². The van der Waals surface area contributed by atoms with E-state index in [0.29, 0.717) is 5.76 Å². The lowest BCUT2D eigenvalue weighted by atomic mass is 10.4. The number of rotatable bonds is 6. The molecule has 0 fully saturated rings. The summed E-state index contributed by atoms with van der Waals surface area (Å²) in [6, 6.07) is 0. The quantitative estimate of drug-likeness (QED) is 0.505. The molecule has 0 spiro atoms. The Morgan fingerprint density at radius 1 is 1.62 bits per heavy atom. The van der Waals surface area contributed by atoms with E-state index < -0.39 is 5.97 Å². The third-order valence-electron chi connectivity index (χ3n) is 1.27. The van der Waals surface area contributed by atoms with Gasteiger partial charge in [-0.2, -0.15) is 0 Å². The van der Waals surface area contributed by atoms with E-state index in [0.717, 1.165) is 0 Å². The molecule has 3 heteroatoms. The molecule has 0 aliphatic rings. The number of ether oxygens (including phenoxy) is 1. The number of aliphatic carboxylic acids is 1. The first-order valence-electron chi connectivity index (χ1n) is 4.00. The first-order valence-corrected chi connectivity index (χ1v) is 4.00. The first-order chi connectivity index (χ1) is 6.20. The van der Waals surface area contributed by atoms with Gasteiger partial charge in [0.1, 0.15) is 5.76 Å². The van der Waals surface area contributed by atoms with Gasteiger partial charge in [-0.15, -0.1) is 0 Å². The Labute approximate surface area is 78.0 Å². The maximum absolute atomic E-state index is 10.1. The second kappa shape index (κ2) is 7.16. The van der Waals surface area contributed by atoms with Crippen molar-refractivity contribution in [3.8, 4) is 0 Å². The van der Waals surface area contributed by atoms with Crippen LogP contribution in [0.15, 0.2) is 36.6 Å². The minimum Gasteiger partial charge on any atom is -0.493 e. The lowest BCUT2D eigenvalue weighted by Gasteiger charge is -2.03. The van der Waals surface area contributed by atoms with Crippen LogP contribution in [-0.2, 0) is 9.53 Å². The molecule has 72 valence electrons. The summed E-state index contributed by atoms with van der Waals surface area (Å²) in [7, 11) is 0. The van der Waals surface area contributed by atoms with E-state index in [1.807, 2.05) is 6.92 Å². The Morgan fingerprint density at radius 2 is 2.31 bits per heavy atom. The van der Waals surface area contributed by atoms with Gasteiger partial charge in [0.25, 0.3) is 0 Å². The topological polar surface area (TPSA) is 46.5 Å². The van der Waals surface area contributed by atoms with Crippen molar-refractivity contribution in [2.75, 3.05) is 6.61 Å². The molecule has 0 radical (unpaired) electrons. The van der Waals surface area contributed by atoms with Crippen molar-refractivity contribution in [1.29, 1.82) is 0 Å². The van der Waals surface area contributed by atoms with Gasteiger partial charge in [0.05, 0.1) is 13.0 Å². The second-order valence-electron chi connectivity index (χ2n) is 2.28. The molecule has 0 unspecified atom stereocenters. The van der Waals surface area contributed by atoms with Crippen LogP contribution in [0.2, 0.25) is 0 Å².